The maximum Gasteiger partial charge on any atom is 0.223 e. The third-order valence-electron chi connectivity index (χ3n) is 3.86. The van der Waals surface area contributed by atoms with Crippen LogP contribution >= 0.6 is 12.4 Å². The molecular formula is C15H21ClF2N2O. The monoisotopic (exact) mass is 318 g/mol. The molecule has 0 spiro atoms. The van der Waals surface area contributed by atoms with Crippen LogP contribution in [0.25, 0.3) is 0 Å². The lowest BCUT2D eigenvalue weighted by atomic mass is 10.0. The number of carbonyl (C=O) groups is 1. The van der Waals surface area contributed by atoms with Gasteiger partial charge in [0.25, 0.3) is 0 Å². The summed E-state index contributed by atoms with van der Waals surface area (Å²) < 4.78 is 26.6. The van der Waals surface area contributed by atoms with E-state index < -0.39 is 11.6 Å². The number of nitrogens with two attached hydrogens (primary N) is 1. The van der Waals surface area contributed by atoms with Crippen LogP contribution in [0, 0.1) is 11.6 Å². The Morgan fingerprint density at radius 2 is 2.10 bits per heavy atom. The lowest BCUT2D eigenvalue weighted by molar-refractivity contribution is -0.134. The number of piperidine rings is 1. The van der Waals surface area contributed by atoms with E-state index in [4.69, 9.17) is 5.73 Å². The van der Waals surface area contributed by atoms with E-state index in [-0.39, 0.29) is 42.8 Å². The van der Waals surface area contributed by atoms with Crippen molar-refractivity contribution in [3.05, 3.63) is 35.4 Å². The average Bonchev–Trinajstić information content (AvgIpc) is 2.48. The van der Waals surface area contributed by atoms with Crippen molar-refractivity contribution in [2.75, 3.05) is 13.1 Å². The standard InChI is InChI=1S/C15H20F2N2O.ClH/c16-13-6-3-4-11(15(13)17)7-8-14(20)19-9-2-1-5-12(19)10-18;/h3-4,6,12H,1-2,5,7-10,18H2;1H. The van der Waals surface area contributed by atoms with Gasteiger partial charge < -0.3 is 10.6 Å². The molecule has 1 unspecified atom stereocenters. The fourth-order valence-corrected chi connectivity index (χ4v) is 2.70. The Kier molecular flexibility index (Phi) is 7.05. The second kappa shape index (κ2) is 8.29. The van der Waals surface area contributed by atoms with Gasteiger partial charge in [0.05, 0.1) is 0 Å². The molecule has 3 nitrogen and oxygen atoms in total. The second-order valence-corrected chi connectivity index (χ2v) is 5.19. The average molecular weight is 319 g/mol. The number of benzene rings is 1. The molecular weight excluding hydrogens is 298 g/mol. The van der Waals surface area contributed by atoms with E-state index in [2.05, 4.69) is 0 Å². The number of hydrogen-bond acceptors (Lipinski definition) is 2. The normalized spacial score (nSPS) is 18.2. The first-order chi connectivity index (χ1) is 9.63. The summed E-state index contributed by atoms with van der Waals surface area (Å²) in [5, 5.41) is 0. The maximum atomic E-state index is 13.5. The van der Waals surface area contributed by atoms with Crippen molar-refractivity contribution in [2.45, 2.75) is 38.1 Å². The lowest BCUT2D eigenvalue weighted by Crippen LogP contribution is -2.47. The fraction of sp³-hybridized carbons (Fsp3) is 0.533. The van der Waals surface area contributed by atoms with Crippen LogP contribution in [0.5, 0.6) is 0 Å². The molecule has 1 fully saturated rings. The molecule has 118 valence electrons. The summed E-state index contributed by atoms with van der Waals surface area (Å²) in [4.78, 5) is 14.0. The van der Waals surface area contributed by atoms with Crippen molar-refractivity contribution in [1.82, 2.24) is 4.90 Å². The first-order valence-corrected chi connectivity index (χ1v) is 7.06. The summed E-state index contributed by atoms with van der Waals surface area (Å²) in [6.45, 7) is 1.17. The molecule has 0 bridgehead atoms. The number of aryl methyl sites for hydroxylation is 1. The van der Waals surface area contributed by atoms with Crippen LogP contribution < -0.4 is 5.73 Å². The number of carbonyl (C=O) groups excluding carboxylic acids is 1. The third kappa shape index (κ3) is 4.38. The smallest absolute Gasteiger partial charge is 0.223 e. The number of rotatable bonds is 4. The fourth-order valence-electron chi connectivity index (χ4n) is 2.70. The summed E-state index contributed by atoms with van der Waals surface area (Å²) in [5.41, 5.74) is 5.93. The Labute approximate surface area is 129 Å². The van der Waals surface area contributed by atoms with E-state index in [1.54, 1.807) is 4.90 Å². The number of hydrogen-bond donors (Lipinski definition) is 1. The van der Waals surface area contributed by atoms with Gasteiger partial charge >= 0.3 is 0 Å². The van der Waals surface area contributed by atoms with E-state index in [0.29, 0.717) is 13.1 Å². The zero-order chi connectivity index (χ0) is 14.5. The molecule has 1 aromatic carbocycles. The molecule has 1 atom stereocenters. The van der Waals surface area contributed by atoms with Crippen LogP contribution in [0.4, 0.5) is 8.78 Å². The Hall–Kier alpha value is -1.20. The van der Waals surface area contributed by atoms with Crippen molar-refractivity contribution < 1.29 is 13.6 Å². The number of halogens is 3. The molecule has 21 heavy (non-hydrogen) atoms. The predicted molar refractivity (Wildman–Crippen MR) is 80.3 cm³/mol. The highest BCUT2D eigenvalue weighted by Crippen LogP contribution is 2.19. The van der Waals surface area contributed by atoms with Gasteiger partial charge in [-0.3, -0.25) is 4.79 Å². The minimum Gasteiger partial charge on any atom is -0.338 e. The summed E-state index contributed by atoms with van der Waals surface area (Å²) in [6.07, 6.45) is 3.41. The van der Waals surface area contributed by atoms with Crippen LogP contribution in [0.3, 0.4) is 0 Å². The molecule has 6 heteroatoms. The molecule has 1 saturated heterocycles. The largest absolute Gasteiger partial charge is 0.338 e. The minimum absolute atomic E-state index is 0. The van der Waals surface area contributed by atoms with Crippen molar-refractivity contribution in [2.24, 2.45) is 5.73 Å². The zero-order valence-corrected chi connectivity index (χ0v) is 12.7. The minimum atomic E-state index is -0.868. The summed E-state index contributed by atoms with van der Waals surface area (Å²) >= 11 is 0. The maximum absolute atomic E-state index is 13.5. The molecule has 1 heterocycles. The highest BCUT2D eigenvalue weighted by molar-refractivity contribution is 5.85. The van der Waals surface area contributed by atoms with Crippen LogP contribution in [0.1, 0.15) is 31.2 Å². The van der Waals surface area contributed by atoms with Crippen molar-refractivity contribution in [3.63, 3.8) is 0 Å². The van der Waals surface area contributed by atoms with Gasteiger partial charge in [-0.05, 0) is 37.3 Å². The van der Waals surface area contributed by atoms with E-state index in [0.717, 1.165) is 25.3 Å². The Morgan fingerprint density at radius 1 is 1.33 bits per heavy atom. The quantitative estimate of drug-likeness (QED) is 0.927. The van der Waals surface area contributed by atoms with Gasteiger partial charge in [-0.15, -0.1) is 12.4 Å². The molecule has 1 aromatic rings. The van der Waals surface area contributed by atoms with Crippen molar-refractivity contribution >= 4 is 18.3 Å². The number of nitrogens with zero attached hydrogens (tertiary/aromatic N) is 1. The molecule has 0 radical (unpaired) electrons. The van der Waals surface area contributed by atoms with Gasteiger partial charge in [0.2, 0.25) is 5.91 Å². The highest BCUT2D eigenvalue weighted by Gasteiger charge is 2.25. The molecule has 1 amide bonds. The van der Waals surface area contributed by atoms with Gasteiger partial charge in [-0.2, -0.15) is 0 Å². The van der Waals surface area contributed by atoms with Crippen LogP contribution in [0.2, 0.25) is 0 Å². The molecule has 2 rings (SSSR count). The number of likely N-dealkylation sites (tertiary alicyclic amines) is 1. The van der Waals surface area contributed by atoms with Gasteiger partial charge in [-0.1, -0.05) is 12.1 Å². The Balaban J connectivity index is 0.00000220. The van der Waals surface area contributed by atoms with Crippen molar-refractivity contribution in [3.8, 4) is 0 Å². The Morgan fingerprint density at radius 3 is 2.81 bits per heavy atom. The zero-order valence-electron chi connectivity index (χ0n) is 11.9. The second-order valence-electron chi connectivity index (χ2n) is 5.19. The van der Waals surface area contributed by atoms with Crippen LogP contribution in [-0.4, -0.2) is 29.9 Å². The molecule has 0 aliphatic carbocycles. The van der Waals surface area contributed by atoms with E-state index >= 15 is 0 Å². The summed E-state index contributed by atoms with van der Waals surface area (Å²) in [7, 11) is 0. The van der Waals surface area contributed by atoms with Gasteiger partial charge in [0.15, 0.2) is 11.6 Å². The van der Waals surface area contributed by atoms with Gasteiger partial charge in [0, 0.05) is 25.6 Å². The molecule has 1 aliphatic heterocycles. The molecule has 0 saturated carbocycles. The first-order valence-electron chi connectivity index (χ1n) is 7.06. The number of amides is 1. The first kappa shape index (κ1) is 17.9. The molecule has 0 aromatic heterocycles. The van der Waals surface area contributed by atoms with Gasteiger partial charge in [-0.25, -0.2) is 8.78 Å². The van der Waals surface area contributed by atoms with Crippen LogP contribution in [0.15, 0.2) is 18.2 Å². The topological polar surface area (TPSA) is 46.3 Å². The predicted octanol–water partition coefficient (Wildman–Crippen LogP) is 2.66. The third-order valence-corrected chi connectivity index (χ3v) is 3.86. The van der Waals surface area contributed by atoms with Crippen LogP contribution in [-0.2, 0) is 11.2 Å². The Bertz CT molecular complexity index is 485. The van der Waals surface area contributed by atoms with E-state index in [1.165, 1.54) is 12.1 Å². The summed E-state index contributed by atoms with van der Waals surface area (Å²) in [6, 6.07) is 4.15. The summed E-state index contributed by atoms with van der Waals surface area (Å²) in [5.74, 6) is -1.74. The SMILES string of the molecule is Cl.NCC1CCCCN1C(=O)CCc1cccc(F)c1F. The molecule has 2 N–H and O–H groups in total. The van der Waals surface area contributed by atoms with Gasteiger partial charge in [0.1, 0.15) is 0 Å². The van der Waals surface area contributed by atoms with E-state index in [1.807, 2.05) is 0 Å². The lowest BCUT2D eigenvalue weighted by Gasteiger charge is -2.35. The highest BCUT2D eigenvalue weighted by atomic mass is 35.5. The van der Waals surface area contributed by atoms with Crippen molar-refractivity contribution in [1.29, 1.82) is 0 Å². The molecule has 1 aliphatic rings. The van der Waals surface area contributed by atoms with E-state index in [9.17, 15) is 13.6 Å².